The van der Waals surface area contributed by atoms with Gasteiger partial charge in [0, 0.05) is 5.56 Å². The van der Waals surface area contributed by atoms with Gasteiger partial charge in [-0.25, -0.2) is 0 Å². The highest BCUT2D eigenvalue weighted by Gasteiger charge is 2.24. The molecule has 2 aromatic rings. The minimum Gasteiger partial charge on any atom is -0.493 e. The molecular formula is C16H17Cl3O2Si. The summed E-state index contributed by atoms with van der Waals surface area (Å²) in [5, 5.41) is 0. The monoisotopic (exact) mass is 374 g/mol. The highest BCUT2D eigenvalue weighted by Crippen LogP contribution is 2.38. The molecule has 2 rings (SSSR count). The number of halogens is 3. The number of ether oxygens (including phenoxy) is 2. The van der Waals surface area contributed by atoms with Gasteiger partial charge in [0.1, 0.15) is 0 Å². The highest BCUT2D eigenvalue weighted by atomic mass is 35.8. The van der Waals surface area contributed by atoms with Crippen LogP contribution in [0.4, 0.5) is 0 Å². The van der Waals surface area contributed by atoms with Crippen LogP contribution in [0.2, 0.25) is 6.04 Å². The smallest absolute Gasteiger partial charge is 0.341 e. The molecule has 0 heterocycles. The number of rotatable bonds is 7. The van der Waals surface area contributed by atoms with Gasteiger partial charge in [-0.15, -0.1) is 33.2 Å². The van der Waals surface area contributed by atoms with Gasteiger partial charge in [-0.3, -0.25) is 0 Å². The molecule has 0 saturated heterocycles. The molecule has 0 saturated carbocycles. The third-order valence-corrected chi connectivity index (χ3v) is 5.76. The molecule has 0 atom stereocenters. The summed E-state index contributed by atoms with van der Waals surface area (Å²) in [6.45, 7) is 0.487. The lowest BCUT2D eigenvalue weighted by Crippen LogP contribution is -2.11. The van der Waals surface area contributed by atoms with E-state index in [1.807, 2.05) is 48.5 Å². The number of methoxy groups -OCH3 is 1. The van der Waals surface area contributed by atoms with Crippen LogP contribution in [0.1, 0.15) is 6.42 Å². The lowest BCUT2D eigenvalue weighted by atomic mass is 10.0. The van der Waals surface area contributed by atoms with Crippen LogP contribution in [0, 0.1) is 0 Å². The molecule has 0 bridgehead atoms. The van der Waals surface area contributed by atoms with Crippen molar-refractivity contribution in [2.45, 2.75) is 12.5 Å². The average molecular weight is 376 g/mol. The van der Waals surface area contributed by atoms with E-state index in [0.29, 0.717) is 24.8 Å². The Hall–Kier alpha value is -0.873. The standard InChI is InChI=1S/C16H17Cl3O2Si/c1-20-15-10-5-9-14(13-7-3-2-4-8-13)16(15)21-11-6-12-22(17,18)19/h2-5,7-10H,6,11-12H2,1H3. The van der Waals surface area contributed by atoms with Crippen molar-refractivity contribution in [2.24, 2.45) is 0 Å². The van der Waals surface area contributed by atoms with E-state index in [4.69, 9.17) is 42.7 Å². The fourth-order valence-electron chi connectivity index (χ4n) is 2.12. The summed E-state index contributed by atoms with van der Waals surface area (Å²) in [6, 6.07) is 13.9. The number of benzene rings is 2. The summed E-state index contributed by atoms with van der Waals surface area (Å²) in [7, 11) is 1.63. The molecule has 0 radical (unpaired) electrons. The summed E-state index contributed by atoms with van der Waals surface area (Å²) in [4.78, 5) is 0. The Balaban J connectivity index is 2.18. The highest BCUT2D eigenvalue weighted by molar-refractivity contribution is 7.64. The first-order valence-corrected chi connectivity index (χ1v) is 12.2. The van der Waals surface area contributed by atoms with Crippen molar-refractivity contribution >= 4 is 39.2 Å². The average Bonchev–Trinajstić information content (AvgIpc) is 2.51. The molecular weight excluding hydrogens is 359 g/mol. The van der Waals surface area contributed by atoms with E-state index < -0.39 is 6.00 Å². The van der Waals surface area contributed by atoms with E-state index in [2.05, 4.69) is 0 Å². The third-order valence-electron chi connectivity index (χ3n) is 3.13. The minimum atomic E-state index is -2.59. The normalized spacial score (nSPS) is 11.3. The van der Waals surface area contributed by atoms with Gasteiger partial charge in [0.05, 0.1) is 13.7 Å². The molecule has 0 fully saturated rings. The molecule has 118 valence electrons. The summed E-state index contributed by atoms with van der Waals surface area (Å²) in [6.07, 6.45) is 0.703. The van der Waals surface area contributed by atoms with E-state index in [9.17, 15) is 0 Å². The summed E-state index contributed by atoms with van der Waals surface area (Å²) < 4.78 is 11.3. The van der Waals surface area contributed by atoms with Crippen molar-refractivity contribution in [3.63, 3.8) is 0 Å². The van der Waals surface area contributed by atoms with Gasteiger partial charge >= 0.3 is 6.00 Å². The first-order chi connectivity index (χ1) is 10.5. The summed E-state index contributed by atoms with van der Waals surface area (Å²) in [5.41, 5.74) is 2.07. The first-order valence-electron chi connectivity index (χ1n) is 6.93. The summed E-state index contributed by atoms with van der Waals surface area (Å²) in [5.74, 6) is 1.43. The van der Waals surface area contributed by atoms with Crippen molar-refractivity contribution in [3.05, 3.63) is 48.5 Å². The molecule has 2 aromatic carbocycles. The number of hydrogen-bond acceptors (Lipinski definition) is 2. The van der Waals surface area contributed by atoms with Crippen molar-refractivity contribution in [1.29, 1.82) is 0 Å². The van der Waals surface area contributed by atoms with Crippen LogP contribution < -0.4 is 9.47 Å². The molecule has 0 aliphatic heterocycles. The SMILES string of the molecule is COc1cccc(-c2ccccc2)c1OCCC[Si](Cl)(Cl)Cl. The lowest BCUT2D eigenvalue weighted by Gasteiger charge is -2.16. The van der Waals surface area contributed by atoms with Gasteiger partial charge in [0.25, 0.3) is 0 Å². The Morgan fingerprint density at radius 2 is 1.68 bits per heavy atom. The van der Waals surface area contributed by atoms with Gasteiger partial charge in [-0.2, -0.15) is 0 Å². The van der Waals surface area contributed by atoms with Gasteiger partial charge in [-0.05, 0) is 24.1 Å². The second kappa shape index (κ2) is 8.11. The van der Waals surface area contributed by atoms with Gasteiger partial charge in [0.15, 0.2) is 11.5 Å². The topological polar surface area (TPSA) is 18.5 Å². The van der Waals surface area contributed by atoms with Crippen LogP contribution in [-0.2, 0) is 0 Å². The van der Waals surface area contributed by atoms with Crippen LogP contribution in [0.15, 0.2) is 48.5 Å². The number of para-hydroxylation sites is 1. The van der Waals surface area contributed by atoms with Crippen LogP contribution in [0.3, 0.4) is 0 Å². The van der Waals surface area contributed by atoms with Crippen LogP contribution in [0.25, 0.3) is 11.1 Å². The molecule has 0 unspecified atom stereocenters. The van der Waals surface area contributed by atoms with E-state index in [1.165, 1.54) is 0 Å². The van der Waals surface area contributed by atoms with Crippen molar-refractivity contribution in [3.8, 4) is 22.6 Å². The van der Waals surface area contributed by atoms with Crippen molar-refractivity contribution < 1.29 is 9.47 Å². The fourth-order valence-corrected chi connectivity index (χ4v) is 3.87. The van der Waals surface area contributed by atoms with E-state index in [1.54, 1.807) is 7.11 Å². The Morgan fingerprint density at radius 3 is 2.32 bits per heavy atom. The Labute approximate surface area is 146 Å². The van der Waals surface area contributed by atoms with Crippen molar-refractivity contribution in [1.82, 2.24) is 0 Å². The second-order valence-corrected chi connectivity index (χ2v) is 14.0. The minimum absolute atomic E-state index is 0.487. The van der Waals surface area contributed by atoms with E-state index in [0.717, 1.165) is 16.9 Å². The first kappa shape index (κ1) is 17.5. The largest absolute Gasteiger partial charge is 0.493 e. The maximum absolute atomic E-state index is 5.93. The zero-order valence-corrected chi connectivity index (χ0v) is 15.5. The van der Waals surface area contributed by atoms with Crippen LogP contribution in [-0.4, -0.2) is 19.7 Å². The van der Waals surface area contributed by atoms with Crippen molar-refractivity contribution in [2.75, 3.05) is 13.7 Å². The fraction of sp³-hybridized carbons (Fsp3) is 0.250. The molecule has 0 spiro atoms. The molecule has 0 N–H and O–H groups in total. The van der Waals surface area contributed by atoms with Crippen LogP contribution in [0.5, 0.6) is 11.5 Å². The maximum Gasteiger partial charge on any atom is 0.341 e. The Morgan fingerprint density at radius 1 is 0.955 bits per heavy atom. The number of hydrogen-bond donors (Lipinski definition) is 0. The molecule has 0 aliphatic rings. The molecule has 0 aromatic heterocycles. The molecule has 2 nitrogen and oxygen atoms in total. The van der Waals surface area contributed by atoms with E-state index >= 15 is 0 Å². The maximum atomic E-state index is 5.93. The van der Waals surface area contributed by atoms with Gasteiger partial charge < -0.3 is 9.47 Å². The molecule has 0 aliphatic carbocycles. The van der Waals surface area contributed by atoms with E-state index in [-0.39, 0.29) is 0 Å². The van der Waals surface area contributed by atoms with Crippen LogP contribution >= 0.6 is 33.2 Å². The quantitative estimate of drug-likeness (QED) is 0.346. The zero-order chi connectivity index (χ0) is 16.0. The Bertz CT molecular complexity index is 600. The molecule has 22 heavy (non-hydrogen) atoms. The third kappa shape index (κ3) is 5.09. The lowest BCUT2D eigenvalue weighted by molar-refractivity contribution is 0.295. The predicted molar refractivity (Wildman–Crippen MR) is 96.7 cm³/mol. The van der Waals surface area contributed by atoms with Gasteiger partial charge in [-0.1, -0.05) is 42.5 Å². The second-order valence-electron chi connectivity index (χ2n) is 4.77. The predicted octanol–water partition coefficient (Wildman–Crippen LogP) is 5.79. The van der Waals surface area contributed by atoms with Gasteiger partial charge in [0.2, 0.25) is 0 Å². The zero-order valence-electron chi connectivity index (χ0n) is 12.2. The Kier molecular flexibility index (Phi) is 6.45. The summed E-state index contributed by atoms with van der Waals surface area (Å²) >= 11 is 17.7. The molecule has 0 amide bonds. The molecule has 6 heteroatoms.